The number of para-hydroxylation sites is 2. The van der Waals surface area contributed by atoms with Crippen molar-refractivity contribution >= 4 is 22.6 Å². The standard InChI is InChI=1S/C15H13ClN2O2/c1-18-13-10(16)6-4-7-11(13)17-15(18)9-5-3-8-12(20-2)14(9)19/h3-8,19H,1-2H3. The van der Waals surface area contributed by atoms with Crippen molar-refractivity contribution in [1.29, 1.82) is 0 Å². The van der Waals surface area contributed by atoms with E-state index >= 15 is 0 Å². The van der Waals surface area contributed by atoms with Crippen LogP contribution in [-0.4, -0.2) is 21.8 Å². The zero-order valence-corrected chi connectivity index (χ0v) is 11.8. The highest BCUT2D eigenvalue weighted by atomic mass is 35.5. The lowest BCUT2D eigenvalue weighted by Gasteiger charge is -2.08. The van der Waals surface area contributed by atoms with E-state index in [9.17, 15) is 5.11 Å². The summed E-state index contributed by atoms with van der Waals surface area (Å²) in [5.41, 5.74) is 2.24. The minimum atomic E-state index is 0.0736. The minimum absolute atomic E-state index is 0.0736. The summed E-state index contributed by atoms with van der Waals surface area (Å²) in [5, 5.41) is 10.9. The number of fused-ring (bicyclic) bond motifs is 1. The van der Waals surface area contributed by atoms with Crippen molar-refractivity contribution in [2.45, 2.75) is 0 Å². The van der Waals surface area contributed by atoms with Gasteiger partial charge in [-0.25, -0.2) is 4.98 Å². The maximum atomic E-state index is 10.2. The molecule has 0 amide bonds. The average Bonchev–Trinajstić information content (AvgIpc) is 2.78. The van der Waals surface area contributed by atoms with Crippen LogP contribution in [0.25, 0.3) is 22.4 Å². The highest BCUT2D eigenvalue weighted by Crippen LogP contribution is 2.38. The van der Waals surface area contributed by atoms with E-state index in [0.717, 1.165) is 11.0 Å². The van der Waals surface area contributed by atoms with Crippen molar-refractivity contribution in [3.8, 4) is 22.9 Å². The van der Waals surface area contributed by atoms with E-state index in [1.54, 1.807) is 12.1 Å². The number of aromatic nitrogens is 2. The van der Waals surface area contributed by atoms with Crippen LogP contribution in [0.1, 0.15) is 0 Å². The molecule has 3 aromatic rings. The Balaban J connectivity index is 2.31. The summed E-state index contributed by atoms with van der Waals surface area (Å²) in [4.78, 5) is 4.54. The van der Waals surface area contributed by atoms with Gasteiger partial charge < -0.3 is 14.4 Å². The monoisotopic (exact) mass is 288 g/mol. The van der Waals surface area contributed by atoms with E-state index in [-0.39, 0.29) is 5.75 Å². The quantitative estimate of drug-likeness (QED) is 0.783. The lowest BCUT2D eigenvalue weighted by Crippen LogP contribution is -1.94. The fourth-order valence-corrected chi connectivity index (χ4v) is 2.63. The summed E-state index contributed by atoms with van der Waals surface area (Å²) in [5.74, 6) is 1.13. The van der Waals surface area contributed by atoms with E-state index in [4.69, 9.17) is 16.3 Å². The third-order valence-electron chi connectivity index (χ3n) is 3.30. The van der Waals surface area contributed by atoms with Crippen LogP contribution in [0.5, 0.6) is 11.5 Å². The second kappa shape index (κ2) is 4.72. The molecule has 1 aromatic heterocycles. The van der Waals surface area contributed by atoms with Crippen LogP contribution in [0.3, 0.4) is 0 Å². The van der Waals surface area contributed by atoms with Crippen LogP contribution in [0.2, 0.25) is 5.02 Å². The molecule has 1 N–H and O–H groups in total. The lowest BCUT2D eigenvalue weighted by atomic mass is 10.1. The molecule has 0 aliphatic rings. The first-order valence-electron chi connectivity index (χ1n) is 6.10. The molecule has 0 radical (unpaired) electrons. The normalized spacial score (nSPS) is 10.9. The van der Waals surface area contributed by atoms with Gasteiger partial charge in [-0.1, -0.05) is 23.7 Å². The van der Waals surface area contributed by atoms with Gasteiger partial charge in [-0.05, 0) is 24.3 Å². The Bertz CT molecular complexity index is 796. The van der Waals surface area contributed by atoms with Crippen molar-refractivity contribution in [3.63, 3.8) is 0 Å². The molecule has 0 bridgehead atoms. The van der Waals surface area contributed by atoms with Gasteiger partial charge >= 0.3 is 0 Å². The van der Waals surface area contributed by atoms with E-state index < -0.39 is 0 Å². The van der Waals surface area contributed by atoms with Gasteiger partial charge in [0, 0.05) is 7.05 Å². The molecular formula is C15H13ClN2O2. The van der Waals surface area contributed by atoms with Gasteiger partial charge in [0.05, 0.1) is 28.7 Å². The highest BCUT2D eigenvalue weighted by molar-refractivity contribution is 6.35. The Kier molecular flexibility index (Phi) is 3.03. The number of aromatic hydroxyl groups is 1. The number of imidazole rings is 1. The average molecular weight is 289 g/mol. The topological polar surface area (TPSA) is 47.3 Å². The third kappa shape index (κ3) is 1.80. The largest absolute Gasteiger partial charge is 0.504 e. The summed E-state index contributed by atoms with van der Waals surface area (Å²) in [6.45, 7) is 0. The zero-order valence-electron chi connectivity index (χ0n) is 11.1. The smallest absolute Gasteiger partial charge is 0.168 e. The number of hydrogen-bond donors (Lipinski definition) is 1. The molecule has 4 nitrogen and oxygen atoms in total. The number of phenolic OH excluding ortho intramolecular Hbond substituents is 1. The van der Waals surface area contributed by atoms with E-state index in [1.807, 2.05) is 35.9 Å². The van der Waals surface area contributed by atoms with Crippen LogP contribution >= 0.6 is 11.6 Å². The second-order valence-electron chi connectivity index (χ2n) is 4.46. The predicted octanol–water partition coefficient (Wildman–Crippen LogP) is 3.61. The summed E-state index contributed by atoms with van der Waals surface area (Å²) < 4.78 is 7.00. The number of nitrogens with zero attached hydrogens (tertiary/aromatic N) is 2. The molecule has 102 valence electrons. The number of methoxy groups -OCH3 is 1. The molecule has 0 spiro atoms. The number of aryl methyl sites for hydroxylation is 1. The molecule has 0 aliphatic heterocycles. The first-order chi connectivity index (χ1) is 9.63. The Morgan fingerprint density at radius 2 is 1.95 bits per heavy atom. The third-order valence-corrected chi connectivity index (χ3v) is 3.61. The van der Waals surface area contributed by atoms with Gasteiger partial charge in [-0.15, -0.1) is 0 Å². The number of benzene rings is 2. The number of hydrogen-bond acceptors (Lipinski definition) is 3. The van der Waals surface area contributed by atoms with E-state index in [2.05, 4.69) is 4.98 Å². The fraction of sp³-hybridized carbons (Fsp3) is 0.133. The highest BCUT2D eigenvalue weighted by Gasteiger charge is 2.17. The molecule has 2 aromatic carbocycles. The van der Waals surface area contributed by atoms with Crippen LogP contribution in [0.4, 0.5) is 0 Å². The number of halogens is 1. The number of ether oxygens (including phenoxy) is 1. The molecule has 0 saturated carbocycles. The molecule has 0 unspecified atom stereocenters. The molecule has 0 fully saturated rings. The summed E-state index contributed by atoms with van der Waals surface area (Å²) in [7, 11) is 3.39. The number of phenols is 1. The Morgan fingerprint density at radius 3 is 2.65 bits per heavy atom. The first kappa shape index (κ1) is 12.8. The fourth-order valence-electron chi connectivity index (χ4n) is 2.33. The van der Waals surface area contributed by atoms with E-state index in [1.165, 1.54) is 7.11 Å². The van der Waals surface area contributed by atoms with Crippen molar-refractivity contribution in [2.75, 3.05) is 7.11 Å². The van der Waals surface area contributed by atoms with Crippen molar-refractivity contribution < 1.29 is 9.84 Å². The Hall–Kier alpha value is -2.20. The van der Waals surface area contributed by atoms with Gasteiger partial charge in [-0.2, -0.15) is 0 Å². The molecule has 1 heterocycles. The zero-order chi connectivity index (χ0) is 14.3. The van der Waals surface area contributed by atoms with Gasteiger partial charge in [-0.3, -0.25) is 0 Å². The van der Waals surface area contributed by atoms with Crippen molar-refractivity contribution in [2.24, 2.45) is 7.05 Å². The SMILES string of the molecule is COc1cccc(-c2nc3cccc(Cl)c3n2C)c1O. The van der Waals surface area contributed by atoms with Crippen LogP contribution in [0.15, 0.2) is 36.4 Å². The summed E-state index contributed by atoms with van der Waals surface area (Å²) >= 11 is 6.21. The molecule has 20 heavy (non-hydrogen) atoms. The molecular weight excluding hydrogens is 276 g/mol. The van der Waals surface area contributed by atoms with Crippen molar-refractivity contribution in [3.05, 3.63) is 41.4 Å². The first-order valence-corrected chi connectivity index (χ1v) is 6.48. The maximum absolute atomic E-state index is 10.2. The molecule has 0 atom stereocenters. The van der Waals surface area contributed by atoms with Crippen LogP contribution in [-0.2, 0) is 7.05 Å². The predicted molar refractivity (Wildman–Crippen MR) is 79.4 cm³/mol. The van der Waals surface area contributed by atoms with E-state index in [0.29, 0.717) is 22.2 Å². The second-order valence-corrected chi connectivity index (χ2v) is 4.87. The summed E-state index contributed by atoms with van der Waals surface area (Å²) in [6, 6.07) is 10.9. The van der Waals surface area contributed by atoms with Crippen molar-refractivity contribution in [1.82, 2.24) is 9.55 Å². The molecule has 0 aliphatic carbocycles. The molecule has 5 heteroatoms. The lowest BCUT2D eigenvalue weighted by molar-refractivity contribution is 0.374. The van der Waals surface area contributed by atoms with Gasteiger partial charge in [0.2, 0.25) is 0 Å². The van der Waals surface area contributed by atoms with Crippen LogP contribution < -0.4 is 4.74 Å². The van der Waals surface area contributed by atoms with Gasteiger partial charge in [0.25, 0.3) is 0 Å². The van der Waals surface area contributed by atoms with Crippen LogP contribution in [0, 0.1) is 0 Å². The number of rotatable bonds is 2. The molecule has 3 rings (SSSR count). The van der Waals surface area contributed by atoms with Gasteiger partial charge in [0.1, 0.15) is 5.82 Å². The molecule has 0 saturated heterocycles. The minimum Gasteiger partial charge on any atom is -0.504 e. The van der Waals surface area contributed by atoms with Gasteiger partial charge in [0.15, 0.2) is 11.5 Å². The Labute approximate surface area is 121 Å². The summed E-state index contributed by atoms with van der Waals surface area (Å²) in [6.07, 6.45) is 0. The maximum Gasteiger partial charge on any atom is 0.168 e. The Morgan fingerprint density at radius 1 is 1.20 bits per heavy atom.